The van der Waals surface area contributed by atoms with Crippen molar-refractivity contribution in [2.45, 2.75) is 13.0 Å². The highest BCUT2D eigenvalue weighted by molar-refractivity contribution is 5.30. The van der Waals surface area contributed by atoms with Crippen LogP contribution in [0, 0.1) is 6.92 Å². The lowest BCUT2D eigenvalue weighted by Crippen LogP contribution is -2.14. The number of rotatable bonds is 2. The molecule has 2 N–H and O–H groups in total. The molecule has 1 unspecified atom stereocenters. The second-order valence-electron chi connectivity index (χ2n) is 3.46. The summed E-state index contributed by atoms with van der Waals surface area (Å²) in [5.41, 5.74) is 9.15. The van der Waals surface area contributed by atoms with Crippen LogP contribution in [-0.4, -0.2) is 9.97 Å². The first-order valence-corrected chi connectivity index (χ1v) is 4.86. The molecule has 0 aliphatic rings. The molecule has 0 saturated heterocycles. The smallest absolute Gasteiger partial charge is 0.0743 e. The highest BCUT2D eigenvalue weighted by Gasteiger charge is 2.11. The summed E-state index contributed by atoms with van der Waals surface area (Å²) in [5, 5.41) is 0. The maximum Gasteiger partial charge on any atom is 0.0743 e. The minimum atomic E-state index is -0.195. The van der Waals surface area contributed by atoms with Crippen molar-refractivity contribution in [2.75, 3.05) is 0 Å². The van der Waals surface area contributed by atoms with Gasteiger partial charge in [0, 0.05) is 18.6 Å². The van der Waals surface area contributed by atoms with Crippen LogP contribution in [0.4, 0.5) is 0 Å². The molecule has 0 amide bonds. The monoisotopic (exact) mass is 199 g/mol. The zero-order valence-electron chi connectivity index (χ0n) is 8.59. The van der Waals surface area contributed by atoms with Crippen LogP contribution in [0.15, 0.2) is 42.9 Å². The van der Waals surface area contributed by atoms with E-state index in [1.54, 1.807) is 18.6 Å². The molecule has 2 rings (SSSR count). The van der Waals surface area contributed by atoms with Gasteiger partial charge in [0.2, 0.25) is 0 Å². The molecule has 3 nitrogen and oxygen atoms in total. The summed E-state index contributed by atoms with van der Waals surface area (Å²) in [4.78, 5) is 8.33. The van der Waals surface area contributed by atoms with E-state index < -0.39 is 0 Å². The molecule has 0 aliphatic carbocycles. The van der Waals surface area contributed by atoms with E-state index in [0.29, 0.717) is 0 Å². The number of aromatic nitrogens is 2. The lowest BCUT2D eigenvalue weighted by molar-refractivity contribution is 0.814. The molecule has 15 heavy (non-hydrogen) atoms. The molecular formula is C12H13N3. The highest BCUT2D eigenvalue weighted by atomic mass is 14.8. The van der Waals surface area contributed by atoms with Crippen molar-refractivity contribution in [3.8, 4) is 0 Å². The van der Waals surface area contributed by atoms with Crippen LogP contribution < -0.4 is 5.73 Å². The summed E-state index contributed by atoms with van der Waals surface area (Å²) in [7, 11) is 0. The molecule has 2 heterocycles. The number of nitrogens with zero attached hydrogens (tertiary/aromatic N) is 2. The fraction of sp³-hybridized carbons (Fsp3) is 0.167. The van der Waals surface area contributed by atoms with Gasteiger partial charge in [0.05, 0.1) is 11.7 Å². The van der Waals surface area contributed by atoms with Crippen LogP contribution >= 0.6 is 0 Å². The SMILES string of the molecule is Cc1ccncc1C(N)c1ccccn1. The topological polar surface area (TPSA) is 51.8 Å². The number of aryl methyl sites for hydroxylation is 1. The predicted octanol–water partition coefficient (Wildman–Crippen LogP) is 1.83. The number of pyridine rings is 2. The Labute approximate surface area is 89.0 Å². The molecule has 76 valence electrons. The van der Waals surface area contributed by atoms with Crippen molar-refractivity contribution in [3.63, 3.8) is 0 Å². The molecule has 0 saturated carbocycles. The van der Waals surface area contributed by atoms with E-state index in [9.17, 15) is 0 Å². The third kappa shape index (κ3) is 2.02. The Hall–Kier alpha value is -1.74. The Morgan fingerprint density at radius 2 is 2.07 bits per heavy atom. The summed E-state index contributed by atoms with van der Waals surface area (Å²) in [5.74, 6) is 0. The molecule has 0 radical (unpaired) electrons. The maximum atomic E-state index is 6.11. The van der Waals surface area contributed by atoms with Crippen molar-refractivity contribution < 1.29 is 0 Å². The Balaban J connectivity index is 2.37. The second kappa shape index (κ2) is 4.19. The van der Waals surface area contributed by atoms with Gasteiger partial charge in [0.1, 0.15) is 0 Å². The average Bonchev–Trinajstić information content (AvgIpc) is 2.30. The molecule has 0 fully saturated rings. The molecule has 0 aliphatic heterocycles. The van der Waals surface area contributed by atoms with Crippen LogP contribution in [0.25, 0.3) is 0 Å². The Morgan fingerprint density at radius 3 is 2.73 bits per heavy atom. The number of hydrogen-bond acceptors (Lipinski definition) is 3. The van der Waals surface area contributed by atoms with Crippen molar-refractivity contribution in [3.05, 3.63) is 59.7 Å². The molecule has 1 atom stereocenters. The van der Waals surface area contributed by atoms with E-state index in [4.69, 9.17) is 5.73 Å². The van der Waals surface area contributed by atoms with Gasteiger partial charge >= 0.3 is 0 Å². The minimum absolute atomic E-state index is 0.195. The van der Waals surface area contributed by atoms with Gasteiger partial charge < -0.3 is 5.73 Å². The van der Waals surface area contributed by atoms with E-state index in [1.165, 1.54) is 0 Å². The molecule has 0 spiro atoms. The Bertz CT molecular complexity index is 440. The molecule has 0 aromatic carbocycles. The van der Waals surface area contributed by atoms with Gasteiger partial charge in [-0.15, -0.1) is 0 Å². The van der Waals surface area contributed by atoms with Crippen molar-refractivity contribution in [2.24, 2.45) is 5.73 Å². The second-order valence-corrected chi connectivity index (χ2v) is 3.46. The van der Waals surface area contributed by atoms with Gasteiger partial charge in [0.15, 0.2) is 0 Å². The van der Waals surface area contributed by atoms with E-state index in [-0.39, 0.29) is 6.04 Å². The van der Waals surface area contributed by atoms with Crippen LogP contribution in [0.5, 0.6) is 0 Å². The quantitative estimate of drug-likeness (QED) is 0.802. The van der Waals surface area contributed by atoms with Gasteiger partial charge in [0.25, 0.3) is 0 Å². The molecule has 2 aromatic rings. The zero-order chi connectivity index (χ0) is 10.7. The van der Waals surface area contributed by atoms with Gasteiger partial charge in [-0.1, -0.05) is 6.07 Å². The molecular weight excluding hydrogens is 186 g/mol. The Morgan fingerprint density at radius 1 is 1.20 bits per heavy atom. The zero-order valence-corrected chi connectivity index (χ0v) is 8.59. The minimum Gasteiger partial charge on any atom is -0.319 e. The number of hydrogen-bond donors (Lipinski definition) is 1. The summed E-state index contributed by atoms with van der Waals surface area (Å²) >= 11 is 0. The summed E-state index contributed by atoms with van der Waals surface area (Å²) in [6.45, 7) is 2.03. The molecule has 2 aromatic heterocycles. The lowest BCUT2D eigenvalue weighted by atomic mass is 10.0. The largest absolute Gasteiger partial charge is 0.319 e. The highest BCUT2D eigenvalue weighted by Crippen LogP contribution is 2.19. The van der Waals surface area contributed by atoms with Gasteiger partial charge in [-0.2, -0.15) is 0 Å². The van der Waals surface area contributed by atoms with Gasteiger partial charge in [-0.05, 0) is 36.2 Å². The van der Waals surface area contributed by atoms with Crippen molar-refractivity contribution in [1.29, 1.82) is 0 Å². The summed E-state index contributed by atoms with van der Waals surface area (Å²) in [6, 6.07) is 7.51. The summed E-state index contributed by atoms with van der Waals surface area (Å²) in [6.07, 6.45) is 5.32. The average molecular weight is 199 g/mol. The molecule has 0 bridgehead atoms. The first kappa shape index (κ1) is 9.80. The lowest BCUT2D eigenvalue weighted by Gasteiger charge is -2.12. The first-order chi connectivity index (χ1) is 7.29. The van der Waals surface area contributed by atoms with Crippen LogP contribution in [0.3, 0.4) is 0 Å². The van der Waals surface area contributed by atoms with Crippen molar-refractivity contribution in [1.82, 2.24) is 9.97 Å². The van der Waals surface area contributed by atoms with E-state index in [0.717, 1.165) is 16.8 Å². The fourth-order valence-electron chi connectivity index (χ4n) is 1.52. The van der Waals surface area contributed by atoms with E-state index in [2.05, 4.69) is 9.97 Å². The standard InChI is InChI=1S/C12H13N3/c1-9-5-7-14-8-10(9)12(13)11-4-2-3-6-15-11/h2-8,12H,13H2,1H3. The van der Waals surface area contributed by atoms with Crippen LogP contribution in [-0.2, 0) is 0 Å². The normalized spacial score (nSPS) is 12.4. The van der Waals surface area contributed by atoms with E-state index in [1.807, 2.05) is 31.2 Å². The van der Waals surface area contributed by atoms with Crippen LogP contribution in [0.2, 0.25) is 0 Å². The fourth-order valence-corrected chi connectivity index (χ4v) is 1.52. The van der Waals surface area contributed by atoms with E-state index >= 15 is 0 Å². The maximum absolute atomic E-state index is 6.11. The molecule has 3 heteroatoms. The van der Waals surface area contributed by atoms with Crippen molar-refractivity contribution >= 4 is 0 Å². The van der Waals surface area contributed by atoms with Gasteiger partial charge in [-0.3, -0.25) is 9.97 Å². The van der Waals surface area contributed by atoms with Gasteiger partial charge in [-0.25, -0.2) is 0 Å². The predicted molar refractivity (Wildman–Crippen MR) is 59.2 cm³/mol. The third-order valence-corrected chi connectivity index (χ3v) is 2.42. The summed E-state index contributed by atoms with van der Waals surface area (Å²) < 4.78 is 0. The Kier molecular flexibility index (Phi) is 2.74. The third-order valence-electron chi connectivity index (χ3n) is 2.42. The van der Waals surface area contributed by atoms with Crippen LogP contribution in [0.1, 0.15) is 22.9 Å². The first-order valence-electron chi connectivity index (χ1n) is 4.86. The number of nitrogens with two attached hydrogens (primary N) is 1.